The van der Waals surface area contributed by atoms with Gasteiger partial charge in [-0.25, -0.2) is 9.59 Å². The second kappa shape index (κ2) is 19.9. The first kappa shape index (κ1) is 40.8. The van der Waals surface area contributed by atoms with Gasteiger partial charge in [-0.1, -0.05) is 140 Å². The van der Waals surface area contributed by atoms with E-state index < -0.39 is 24.3 Å². The zero-order chi connectivity index (χ0) is 40.3. The summed E-state index contributed by atoms with van der Waals surface area (Å²) < 4.78 is 18.6. The van der Waals surface area contributed by atoms with E-state index in [2.05, 4.69) is 94.1 Å². The van der Waals surface area contributed by atoms with E-state index in [1.165, 1.54) is 12.7 Å². The number of piperazine rings is 1. The van der Waals surface area contributed by atoms with Crippen LogP contribution in [0.5, 0.6) is 0 Å². The quantitative estimate of drug-likeness (QED) is 0.103. The molecule has 10 nitrogen and oxygen atoms in total. The Morgan fingerprint density at radius 2 is 1.36 bits per heavy atom. The number of nitrogens with one attached hydrogen (secondary N) is 2. The van der Waals surface area contributed by atoms with E-state index >= 15 is 0 Å². The number of hydrogen-bond donors (Lipinski definition) is 3. The van der Waals surface area contributed by atoms with E-state index in [0.29, 0.717) is 6.42 Å². The lowest BCUT2D eigenvalue weighted by molar-refractivity contribution is -0.276. The molecular formula is C48H54N4O6. The Kier molecular flexibility index (Phi) is 14.0. The van der Waals surface area contributed by atoms with Crippen molar-refractivity contribution in [1.29, 1.82) is 0 Å². The molecule has 0 bridgehead atoms. The standard InChI is InChI=1S/C48H54N4O6/c1-34-44(32-52-27-25-51(26-28-52)31-36-13-7-4-8-14-36)57-47(58-45(34)39-19-17-37(33-53)18-20-39)40-23-21-38(22-24-40)42-16-10-9-15-41(42)30-49-48(55)50-43(46(54)56-2)29-35-11-5-3-6-12-35/h3-24,34,43-45,47,53H,25-33H2,1-2H3,(H2,49,50,55). The maximum Gasteiger partial charge on any atom is 0.328 e. The number of esters is 1. The third-order valence-electron chi connectivity index (χ3n) is 11.3. The van der Waals surface area contributed by atoms with Crippen LogP contribution in [0.4, 0.5) is 4.79 Å². The SMILES string of the molecule is COC(=O)C(Cc1ccccc1)NC(=O)NCc1ccccc1-c1ccc(C2OC(CN3CCN(Cc4ccccc4)CC3)C(C)C(c3ccc(CO)cc3)O2)cc1. The van der Waals surface area contributed by atoms with Crippen LogP contribution < -0.4 is 10.6 Å². The lowest BCUT2D eigenvalue weighted by Crippen LogP contribution is -2.51. The monoisotopic (exact) mass is 782 g/mol. The molecule has 0 spiro atoms. The van der Waals surface area contributed by atoms with E-state index in [0.717, 1.165) is 78.2 Å². The molecule has 2 aliphatic heterocycles. The van der Waals surface area contributed by atoms with Gasteiger partial charge >= 0.3 is 12.0 Å². The molecule has 5 aromatic rings. The number of benzene rings is 5. The second-order valence-electron chi connectivity index (χ2n) is 15.3. The topological polar surface area (TPSA) is 113 Å². The fourth-order valence-electron chi connectivity index (χ4n) is 7.90. The van der Waals surface area contributed by atoms with Crippen LogP contribution in [0.15, 0.2) is 133 Å². The van der Waals surface area contributed by atoms with E-state index in [4.69, 9.17) is 14.2 Å². The Morgan fingerprint density at radius 3 is 2.03 bits per heavy atom. The molecule has 5 atom stereocenters. The van der Waals surface area contributed by atoms with Gasteiger partial charge in [-0.2, -0.15) is 0 Å². The molecule has 0 saturated carbocycles. The summed E-state index contributed by atoms with van der Waals surface area (Å²) in [5.41, 5.74) is 8.01. The zero-order valence-corrected chi connectivity index (χ0v) is 33.3. The Balaban J connectivity index is 1.02. The van der Waals surface area contributed by atoms with Crippen LogP contribution in [0.3, 0.4) is 0 Å². The van der Waals surface area contributed by atoms with Crippen LogP contribution in [0, 0.1) is 5.92 Å². The summed E-state index contributed by atoms with van der Waals surface area (Å²) in [5.74, 6) is -0.412. The Hall–Kier alpha value is -5.36. The van der Waals surface area contributed by atoms with Gasteiger partial charge in [0, 0.05) is 63.7 Å². The number of carbonyl (C=O) groups is 2. The van der Waals surface area contributed by atoms with Gasteiger partial charge in [-0.3, -0.25) is 9.80 Å². The number of aliphatic hydroxyl groups is 1. The first-order valence-electron chi connectivity index (χ1n) is 20.2. The molecule has 0 aliphatic carbocycles. The van der Waals surface area contributed by atoms with E-state index in [1.54, 1.807) is 0 Å². The largest absolute Gasteiger partial charge is 0.467 e. The van der Waals surface area contributed by atoms with Crippen molar-refractivity contribution in [2.75, 3.05) is 39.8 Å². The summed E-state index contributed by atoms with van der Waals surface area (Å²) in [4.78, 5) is 30.6. The van der Waals surface area contributed by atoms with Crippen LogP contribution in [-0.2, 0) is 45.1 Å². The first-order valence-corrected chi connectivity index (χ1v) is 20.2. The van der Waals surface area contributed by atoms with Gasteiger partial charge in [-0.15, -0.1) is 0 Å². The maximum absolute atomic E-state index is 13.0. The lowest BCUT2D eigenvalue weighted by Gasteiger charge is -2.44. The summed E-state index contributed by atoms with van der Waals surface area (Å²) >= 11 is 0. The van der Waals surface area contributed by atoms with Gasteiger partial charge in [0.25, 0.3) is 0 Å². The molecule has 5 aromatic carbocycles. The highest BCUT2D eigenvalue weighted by Gasteiger charge is 2.39. The Bertz CT molecular complexity index is 2060. The number of nitrogens with zero attached hydrogens (tertiary/aromatic N) is 2. The number of carbonyl (C=O) groups excluding carboxylic acids is 2. The highest BCUT2D eigenvalue weighted by Crippen LogP contribution is 2.42. The van der Waals surface area contributed by atoms with Gasteiger partial charge in [0.05, 0.1) is 25.9 Å². The minimum Gasteiger partial charge on any atom is -0.467 e. The molecule has 302 valence electrons. The van der Waals surface area contributed by atoms with Crippen molar-refractivity contribution in [3.8, 4) is 11.1 Å². The van der Waals surface area contributed by atoms with Crippen LogP contribution in [0.25, 0.3) is 11.1 Å². The second-order valence-corrected chi connectivity index (χ2v) is 15.3. The van der Waals surface area contributed by atoms with Gasteiger partial charge in [0.15, 0.2) is 6.29 Å². The van der Waals surface area contributed by atoms with E-state index in [-0.39, 0.29) is 31.3 Å². The van der Waals surface area contributed by atoms with Crippen molar-refractivity contribution in [3.05, 3.63) is 167 Å². The zero-order valence-electron chi connectivity index (χ0n) is 33.3. The molecule has 0 radical (unpaired) electrons. The molecule has 0 aromatic heterocycles. The highest BCUT2D eigenvalue weighted by molar-refractivity contribution is 5.84. The van der Waals surface area contributed by atoms with Crippen LogP contribution in [0.1, 0.15) is 52.7 Å². The molecule has 2 saturated heterocycles. The summed E-state index contributed by atoms with van der Waals surface area (Å²) in [5, 5.41) is 15.4. The lowest BCUT2D eigenvalue weighted by atomic mass is 9.89. The Morgan fingerprint density at radius 1 is 0.741 bits per heavy atom. The molecule has 2 fully saturated rings. The molecule has 3 N–H and O–H groups in total. The van der Waals surface area contributed by atoms with Gasteiger partial charge in [0.1, 0.15) is 6.04 Å². The molecule has 2 amide bonds. The van der Waals surface area contributed by atoms with Gasteiger partial charge < -0.3 is 30.0 Å². The van der Waals surface area contributed by atoms with Crippen LogP contribution in [-0.4, -0.2) is 78.9 Å². The maximum atomic E-state index is 13.0. The summed E-state index contributed by atoms with van der Waals surface area (Å²) in [6.07, 6.45) is -0.511. The van der Waals surface area contributed by atoms with Crippen LogP contribution >= 0.6 is 0 Å². The van der Waals surface area contributed by atoms with E-state index in [1.807, 2.05) is 66.7 Å². The molecule has 2 aliphatic rings. The number of aliphatic hydroxyl groups excluding tert-OH is 1. The summed E-state index contributed by atoms with van der Waals surface area (Å²) in [6, 6.07) is 43.1. The minimum atomic E-state index is -0.823. The van der Waals surface area contributed by atoms with Crippen molar-refractivity contribution >= 4 is 12.0 Å². The molecule has 10 heteroatoms. The van der Waals surface area contributed by atoms with E-state index in [9.17, 15) is 14.7 Å². The van der Waals surface area contributed by atoms with Crippen molar-refractivity contribution in [3.63, 3.8) is 0 Å². The summed E-state index contributed by atoms with van der Waals surface area (Å²) in [7, 11) is 1.32. The van der Waals surface area contributed by atoms with Gasteiger partial charge in [0.2, 0.25) is 0 Å². The predicted octanol–water partition coefficient (Wildman–Crippen LogP) is 7.04. The van der Waals surface area contributed by atoms with Crippen LogP contribution in [0.2, 0.25) is 0 Å². The number of hydrogen-bond acceptors (Lipinski definition) is 8. The number of urea groups is 1. The first-order chi connectivity index (χ1) is 28.4. The molecule has 7 rings (SSSR count). The minimum absolute atomic E-state index is 0.00464. The highest BCUT2D eigenvalue weighted by atomic mass is 16.7. The molecule has 5 unspecified atom stereocenters. The van der Waals surface area contributed by atoms with Crippen molar-refractivity contribution < 1.29 is 28.9 Å². The smallest absolute Gasteiger partial charge is 0.328 e. The third-order valence-corrected chi connectivity index (χ3v) is 11.3. The number of methoxy groups -OCH3 is 1. The van der Waals surface area contributed by atoms with Crippen molar-refractivity contribution in [1.82, 2.24) is 20.4 Å². The molecule has 58 heavy (non-hydrogen) atoms. The number of ether oxygens (including phenoxy) is 3. The van der Waals surface area contributed by atoms with Gasteiger partial charge in [-0.05, 0) is 38.9 Å². The fourth-order valence-corrected chi connectivity index (χ4v) is 7.90. The number of amides is 2. The average molecular weight is 783 g/mol. The average Bonchev–Trinajstić information content (AvgIpc) is 3.27. The fraction of sp³-hybridized carbons (Fsp3) is 0.333. The van der Waals surface area contributed by atoms with Crippen molar-refractivity contribution in [2.24, 2.45) is 5.92 Å². The molecular weight excluding hydrogens is 729 g/mol. The normalized spacial score (nSPS) is 20.5. The summed E-state index contributed by atoms with van der Waals surface area (Å²) in [6.45, 7) is 8.21. The third kappa shape index (κ3) is 10.6. The number of rotatable bonds is 14. The molecule has 2 heterocycles. The predicted molar refractivity (Wildman–Crippen MR) is 224 cm³/mol. The van der Waals surface area contributed by atoms with Crippen molar-refractivity contribution in [2.45, 2.75) is 57.6 Å². The Labute approximate surface area is 341 Å².